The van der Waals surface area contributed by atoms with E-state index in [4.69, 9.17) is 5.11 Å². The molecule has 0 aliphatic rings. The molecule has 1 heterocycles. The molecule has 0 radical (unpaired) electrons. The molecule has 0 aliphatic carbocycles. The number of benzene rings is 1. The molecule has 0 bridgehead atoms. The monoisotopic (exact) mass is 232 g/mol. The Morgan fingerprint density at radius 3 is 2.65 bits per heavy atom. The van der Waals surface area contributed by atoms with E-state index < -0.39 is 5.97 Å². The normalized spacial score (nSPS) is 10.2. The predicted molar refractivity (Wildman–Crippen MR) is 59.1 cm³/mol. The standard InChI is InChI=1S/C12H9FN2O2/c1-7-5-10(14-15-11(7)12(16)17)8-3-2-4-9(13)6-8/h2-6H,1H3,(H,16,17). The number of halogens is 1. The molecule has 1 aromatic heterocycles. The Balaban J connectivity index is 2.48. The lowest BCUT2D eigenvalue weighted by atomic mass is 10.1. The number of carbonyl (C=O) groups is 1. The molecular formula is C12H9FN2O2. The number of rotatable bonds is 2. The largest absolute Gasteiger partial charge is 0.476 e. The second-order valence-electron chi connectivity index (χ2n) is 3.58. The Morgan fingerprint density at radius 2 is 2.06 bits per heavy atom. The molecule has 0 aliphatic heterocycles. The average molecular weight is 232 g/mol. The second-order valence-corrected chi connectivity index (χ2v) is 3.58. The van der Waals surface area contributed by atoms with E-state index in [0.29, 0.717) is 16.8 Å². The van der Waals surface area contributed by atoms with Crippen molar-refractivity contribution in [2.24, 2.45) is 0 Å². The van der Waals surface area contributed by atoms with Crippen molar-refractivity contribution in [3.63, 3.8) is 0 Å². The van der Waals surface area contributed by atoms with Crippen molar-refractivity contribution in [2.45, 2.75) is 6.92 Å². The van der Waals surface area contributed by atoms with E-state index in [9.17, 15) is 9.18 Å². The molecule has 2 aromatic rings. The third-order valence-electron chi connectivity index (χ3n) is 2.31. The van der Waals surface area contributed by atoms with Gasteiger partial charge in [-0.25, -0.2) is 9.18 Å². The Morgan fingerprint density at radius 1 is 1.29 bits per heavy atom. The van der Waals surface area contributed by atoms with Gasteiger partial charge in [0.05, 0.1) is 5.69 Å². The summed E-state index contributed by atoms with van der Waals surface area (Å²) in [6.45, 7) is 1.63. The molecule has 0 spiro atoms. The molecule has 0 saturated heterocycles. The van der Waals surface area contributed by atoms with Crippen LogP contribution in [0.25, 0.3) is 11.3 Å². The smallest absolute Gasteiger partial charge is 0.356 e. The van der Waals surface area contributed by atoms with Crippen LogP contribution in [0.1, 0.15) is 16.1 Å². The maximum absolute atomic E-state index is 13.0. The number of hydrogen-bond acceptors (Lipinski definition) is 3. The van der Waals surface area contributed by atoms with Gasteiger partial charge < -0.3 is 5.11 Å². The molecule has 0 amide bonds. The summed E-state index contributed by atoms with van der Waals surface area (Å²) in [7, 11) is 0. The summed E-state index contributed by atoms with van der Waals surface area (Å²) in [5.41, 5.74) is 1.42. The van der Waals surface area contributed by atoms with Crippen LogP contribution in [0.15, 0.2) is 30.3 Å². The maximum atomic E-state index is 13.0. The average Bonchev–Trinajstić information content (AvgIpc) is 2.28. The van der Waals surface area contributed by atoms with Crippen LogP contribution in [0.2, 0.25) is 0 Å². The Labute approximate surface area is 96.7 Å². The van der Waals surface area contributed by atoms with Gasteiger partial charge in [0.2, 0.25) is 0 Å². The van der Waals surface area contributed by atoms with Crippen molar-refractivity contribution in [1.82, 2.24) is 10.2 Å². The van der Waals surface area contributed by atoms with Gasteiger partial charge in [0.15, 0.2) is 5.69 Å². The summed E-state index contributed by atoms with van der Waals surface area (Å²) in [5, 5.41) is 16.2. The quantitative estimate of drug-likeness (QED) is 0.862. The van der Waals surface area contributed by atoms with Crippen LogP contribution < -0.4 is 0 Å². The van der Waals surface area contributed by atoms with Crippen molar-refractivity contribution in [1.29, 1.82) is 0 Å². The predicted octanol–water partition coefficient (Wildman–Crippen LogP) is 2.29. The number of carboxylic acids is 1. The molecule has 0 saturated carbocycles. The summed E-state index contributed by atoms with van der Waals surface area (Å²) in [6, 6.07) is 7.48. The van der Waals surface area contributed by atoms with E-state index in [1.807, 2.05) is 0 Å². The van der Waals surface area contributed by atoms with Crippen molar-refractivity contribution in [2.75, 3.05) is 0 Å². The maximum Gasteiger partial charge on any atom is 0.356 e. The van der Waals surface area contributed by atoms with Gasteiger partial charge in [-0.05, 0) is 30.7 Å². The molecule has 0 atom stereocenters. The lowest BCUT2D eigenvalue weighted by Gasteiger charge is -2.03. The molecule has 5 heteroatoms. The summed E-state index contributed by atoms with van der Waals surface area (Å²) in [4.78, 5) is 10.8. The number of carboxylic acid groups (broad SMARTS) is 1. The first kappa shape index (κ1) is 11.2. The van der Waals surface area contributed by atoms with Gasteiger partial charge in [0, 0.05) is 5.56 Å². The third-order valence-corrected chi connectivity index (χ3v) is 2.31. The van der Waals surface area contributed by atoms with Crippen LogP contribution in [0.4, 0.5) is 4.39 Å². The molecule has 2 rings (SSSR count). The first-order valence-electron chi connectivity index (χ1n) is 4.91. The molecule has 0 unspecified atom stereocenters. The summed E-state index contributed by atoms with van der Waals surface area (Å²) < 4.78 is 13.0. The van der Waals surface area contributed by atoms with Gasteiger partial charge in [-0.15, -0.1) is 10.2 Å². The summed E-state index contributed by atoms with van der Waals surface area (Å²) >= 11 is 0. The van der Waals surface area contributed by atoms with E-state index in [1.165, 1.54) is 12.1 Å². The number of aryl methyl sites for hydroxylation is 1. The van der Waals surface area contributed by atoms with Crippen molar-refractivity contribution in [3.8, 4) is 11.3 Å². The van der Waals surface area contributed by atoms with E-state index in [1.54, 1.807) is 25.1 Å². The Hall–Kier alpha value is -2.30. The zero-order valence-electron chi connectivity index (χ0n) is 9.01. The van der Waals surface area contributed by atoms with Crippen LogP contribution in [0.5, 0.6) is 0 Å². The van der Waals surface area contributed by atoms with Crippen molar-refractivity contribution in [3.05, 3.63) is 47.4 Å². The fourth-order valence-corrected chi connectivity index (χ4v) is 1.49. The summed E-state index contributed by atoms with van der Waals surface area (Å²) in [6.07, 6.45) is 0. The number of aromatic nitrogens is 2. The minimum Gasteiger partial charge on any atom is -0.476 e. The molecule has 1 N–H and O–H groups in total. The van der Waals surface area contributed by atoms with Crippen LogP contribution in [0, 0.1) is 12.7 Å². The van der Waals surface area contributed by atoms with E-state index >= 15 is 0 Å². The first-order chi connectivity index (χ1) is 8.08. The molecule has 1 aromatic carbocycles. The highest BCUT2D eigenvalue weighted by Gasteiger charge is 2.11. The fraction of sp³-hybridized carbons (Fsp3) is 0.0833. The zero-order valence-corrected chi connectivity index (χ0v) is 9.01. The molecule has 0 fully saturated rings. The minimum absolute atomic E-state index is 0.0925. The van der Waals surface area contributed by atoms with E-state index in [-0.39, 0.29) is 11.5 Å². The highest BCUT2D eigenvalue weighted by Crippen LogP contribution is 2.19. The Bertz CT molecular complexity index is 584. The minimum atomic E-state index is -1.12. The molecule has 86 valence electrons. The van der Waals surface area contributed by atoms with Crippen LogP contribution >= 0.6 is 0 Å². The SMILES string of the molecule is Cc1cc(-c2cccc(F)c2)nnc1C(=O)O. The van der Waals surface area contributed by atoms with Crippen LogP contribution in [0.3, 0.4) is 0 Å². The molecular weight excluding hydrogens is 223 g/mol. The van der Waals surface area contributed by atoms with Crippen LogP contribution in [-0.2, 0) is 0 Å². The Kier molecular flexibility index (Phi) is 2.82. The van der Waals surface area contributed by atoms with Gasteiger partial charge in [0.1, 0.15) is 5.82 Å². The highest BCUT2D eigenvalue weighted by molar-refractivity contribution is 5.87. The second kappa shape index (κ2) is 4.29. The van der Waals surface area contributed by atoms with Gasteiger partial charge in [-0.3, -0.25) is 0 Å². The van der Waals surface area contributed by atoms with Crippen molar-refractivity contribution < 1.29 is 14.3 Å². The fourth-order valence-electron chi connectivity index (χ4n) is 1.49. The lowest BCUT2D eigenvalue weighted by Crippen LogP contribution is -2.05. The molecule has 4 nitrogen and oxygen atoms in total. The van der Waals surface area contributed by atoms with E-state index in [0.717, 1.165) is 0 Å². The summed E-state index contributed by atoms with van der Waals surface area (Å²) in [5.74, 6) is -1.50. The van der Waals surface area contributed by atoms with Gasteiger partial charge >= 0.3 is 5.97 Å². The topological polar surface area (TPSA) is 63.1 Å². The molecule has 17 heavy (non-hydrogen) atoms. The van der Waals surface area contributed by atoms with Gasteiger partial charge in [0.25, 0.3) is 0 Å². The number of nitrogens with zero attached hydrogens (tertiary/aromatic N) is 2. The first-order valence-corrected chi connectivity index (χ1v) is 4.91. The highest BCUT2D eigenvalue weighted by atomic mass is 19.1. The number of hydrogen-bond donors (Lipinski definition) is 1. The van der Waals surface area contributed by atoms with Gasteiger partial charge in [-0.1, -0.05) is 12.1 Å². The van der Waals surface area contributed by atoms with Crippen LogP contribution in [-0.4, -0.2) is 21.3 Å². The number of aromatic carboxylic acids is 1. The van der Waals surface area contributed by atoms with Crippen molar-refractivity contribution >= 4 is 5.97 Å². The lowest BCUT2D eigenvalue weighted by molar-refractivity contribution is 0.0688. The zero-order chi connectivity index (χ0) is 12.4. The van der Waals surface area contributed by atoms with Gasteiger partial charge in [-0.2, -0.15) is 0 Å². The van der Waals surface area contributed by atoms with E-state index in [2.05, 4.69) is 10.2 Å². The third kappa shape index (κ3) is 2.28.